The molecule has 1 heterocycles. The lowest BCUT2D eigenvalue weighted by Crippen LogP contribution is -2.35. The molecule has 0 bridgehead atoms. The van der Waals surface area contributed by atoms with Crippen molar-refractivity contribution in [1.82, 2.24) is 9.80 Å². The number of amides is 1. The second-order valence-corrected chi connectivity index (χ2v) is 7.36. The number of benzene rings is 2. The molecule has 0 saturated carbocycles. The van der Waals surface area contributed by atoms with Gasteiger partial charge in [0.2, 0.25) is 0 Å². The van der Waals surface area contributed by atoms with Crippen LogP contribution in [0.1, 0.15) is 47.7 Å². The minimum absolute atomic E-state index is 0.167. The Morgan fingerprint density at radius 1 is 1.04 bits per heavy atom. The maximum atomic E-state index is 12.7. The van der Waals surface area contributed by atoms with Gasteiger partial charge in [-0.2, -0.15) is 0 Å². The number of hydrogen-bond acceptors (Lipinski definition) is 2. The van der Waals surface area contributed by atoms with Crippen LogP contribution in [0.2, 0.25) is 5.02 Å². The van der Waals surface area contributed by atoms with Crippen LogP contribution in [0, 0.1) is 0 Å². The standard InChI is InChI=1S/C22H27ClN2O/c1-2-24(17-20-10-4-5-12-21(20)23)16-18-9-8-11-19(15-18)22(26)25-13-6-3-7-14-25/h4-5,8-12,15H,2-3,6-7,13-14,16-17H2,1H3. The van der Waals surface area contributed by atoms with E-state index in [1.54, 1.807) is 0 Å². The number of piperidine rings is 1. The Kier molecular flexibility index (Phi) is 6.70. The summed E-state index contributed by atoms with van der Waals surface area (Å²) in [7, 11) is 0. The molecule has 0 aromatic heterocycles. The summed E-state index contributed by atoms with van der Waals surface area (Å²) in [6, 6.07) is 16.1. The van der Waals surface area contributed by atoms with E-state index in [9.17, 15) is 4.79 Å². The summed E-state index contributed by atoms with van der Waals surface area (Å²) >= 11 is 6.30. The van der Waals surface area contributed by atoms with E-state index in [0.29, 0.717) is 0 Å². The zero-order valence-electron chi connectivity index (χ0n) is 15.5. The van der Waals surface area contributed by atoms with Crippen molar-refractivity contribution in [3.8, 4) is 0 Å². The van der Waals surface area contributed by atoms with E-state index >= 15 is 0 Å². The average Bonchev–Trinajstić information content (AvgIpc) is 2.69. The van der Waals surface area contributed by atoms with Crippen molar-refractivity contribution >= 4 is 17.5 Å². The van der Waals surface area contributed by atoms with E-state index in [2.05, 4.69) is 24.0 Å². The summed E-state index contributed by atoms with van der Waals surface area (Å²) in [5.41, 5.74) is 3.11. The van der Waals surface area contributed by atoms with Crippen molar-refractivity contribution in [2.75, 3.05) is 19.6 Å². The number of nitrogens with zero attached hydrogens (tertiary/aromatic N) is 2. The number of rotatable bonds is 6. The van der Waals surface area contributed by atoms with Gasteiger partial charge >= 0.3 is 0 Å². The lowest BCUT2D eigenvalue weighted by molar-refractivity contribution is 0.0724. The predicted molar refractivity (Wildman–Crippen MR) is 107 cm³/mol. The first-order chi connectivity index (χ1) is 12.7. The predicted octanol–water partition coefficient (Wildman–Crippen LogP) is 4.99. The minimum Gasteiger partial charge on any atom is -0.339 e. The van der Waals surface area contributed by atoms with Crippen LogP contribution in [0.5, 0.6) is 0 Å². The molecule has 3 rings (SSSR count). The van der Waals surface area contributed by atoms with Crippen LogP contribution in [0.15, 0.2) is 48.5 Å². The Balaban J connectivity index is 1.68. The molecule has 4 heteroatoms. The van der Waals surface area contributed by atoms with Gasteiger partial charge in [0, 0.05) is 36.8 Å². The molecular formula is C22H27ClN2O. The summed E-state index contributed by atoms with van der Waals surface area (Å²) in [6.45, 7) is 6.46. The fourth-order valence-corrected chi connectivity index (χ4v) is 3.68. The molecular weight excluding hydrogens is 344 g/mol. The Labute approximate surface area is 161 Å². The molecule has 138 valence electrons. The van der Waals surface area contributed by atoms with Gasteiger partial charge in [-0.25, -0.2) is 0 Å². The number of likely N-dealkylation sites (tertiary alicyclic amines) is 1. The van der Waals surface area contributed by atoms with Gasteiger partial charge in [0.15, 0.2) is 0 Å². The lowest BCUT2D eigenvalue weighted by Gasteiger charge is -2.27. The van der Waals surface area contributed by atoms with Crippen molar-refractivity contribution in [2.45, 2.75) is 39.3 Å². The van der Waals surface area contributed by atoms with Crippen LogP contribution in [0.3, 0.4) is 0 Å². The highest BCUT2D eigenvalue weighted by Gasteiger charge is 2.18. The number of hydrogen-bond donors (Lipinski definition) is 0. The first-order valence-corrected chi connectivity index (χ1v) is 9.89. The summed E-state index contributed by atoms with van der Waals surface area (Å²) in [5.74, 6) is 0.167. The fraction of sp³-hybridized carbons (Fsp3) is 0.409. The quantitative estimate of drug-likeness (QED) is 0.715. The zero-order valence-corrected chi connectivity index (χ0v) is 16.2. The third-order valence-corrected chi connectivity index (χ3v) is 5.39. The molecule has 2 aromatic rings. The number of halogens is 1. The molecule has 1 aliphatic rings. The molecule has 1 saturated heterocycles. The van der Waals surface area contributed by atoms with Crippen molar-refractivity contribution in [3.63, 3.8) is 0 Å². The van der Waals surface area contributed by atoms with Crippen molar-refractivity contribution in [3.05, 3.63) is 70.2 Å². The lowest BCUT2D eigenvalue weighted by atomic mass is 10.1. The molecule has 0 spiro atoms. The van der Waals surface area contributed by atoms with Crippen molar-refractivity contribution < 1.29 is 4.79 Å². The van der Waals surface area contributed by atoms with E-state index in [1.807, 2.05) is 41.3 Å². The largest absolute Gasteiger partial charge is 0.339 e. The molecule has 1 aliphatic heterocycles. The van der Waals surface area contributed by atoms with Gasteiger partial charge < -0.3 is 4.90 Å². The van der Waals surface area contributed by atoms with Gasteiger partial charge in [0.05, 0.1) is 0 Å². The van der Waals surface area contributed by atoms with Gasteiger partial charge in [-0.3, -0.25) is 9.69 Å². The first-order valence-electron chi connectivity index (χ1n) is 9.51. The second kappa shape index (κ2) is 9.20. The molecule has 3 nitrogen and oxygen atoms in total. The fourth-order valence-electron chi connectivity index (χ4n) is 3.49. The van der Waals surface area contributed by atoms with Crippen molar-refractivity contribution in [2.24, 2.45) is 0 Å². The molecule has 2 aromatic carbocycles. The normalized spacial score (nSPS) is 14.7. The van der Waals surface area contributed by atoms with Gasteiger partial charge in [0.25, 0.3) is 5.91 Å². The van der Waals surface area contributed by atoms with Crippen molar-refractivity contribution in [1.29, 1.82) is 0 Å². The second-order valence-electron chi connectivity index (χ2n) is 6.95. The van der Waals surface area contributed by atoms with E-state index in [0.717, 1.165) is 61.7 Å². The Bertz CT molecular complexity index is 740. The Morgan fingerprint density at radius 3 is 2.54 bits per heavy atom. The summed E-state index contributed by atoms with van der Waals surface area (Å²) in [4.78, 5) is 17.1. The van der Waals surface area contributed by atoms with Gasteiger partial charge in [-0.15, -0.1) is 0 Å². The maximum absolute atomic E-state index is 12.7. The SMILES string of the molecule is CCN(Cc1cccc(C(=O)N2CCCCC2)c1)Cc1ccccc1Cl. The third-order valence-electron chi connectivity index (χ3n) is 5.02. The Hall–Kier alpha value is -1.84. The highest BCUT2D eigenvalue weighted by molar-refractivity contribution is 6.31. The smallest absolute Gasteiger partial charge is 0.253 e. The van der Waals surface area contributed by atoms with Gasteiger partial charge in [-0.05, 0) is 55.1 Å². The topological polar surface area (TPSA) is 23.6 Å². The van der Waals surface area contributed by atoms with Crippen LogP contribution in [-0.2, 0) is 13.1 Å². The average molecular weight is 371 g/mol. The third kappa shape index (κ3) is 4.87. The molecule has 26 heavy (non-hydrogen) atoms. The van der Waals surface area contributed by atoms with E-state index in [4.69, 9.17) is 11.6 Å². The number of carbonyl (C=O) groups is 1. The summed E-state index contributed by atoms with van der Waals surface area (Å²) < 4.78 is 0. The first kappa shape index (κ1) is 18.9. The molecule has 1 fully saturated rings. The van der Waals surface area contributed by atoms with Crippen LogP contribution in [0.4, 0.5) is 0 Å². The number of carbonyl (C=O) groups excluding carboxylic acids is 1. The van der Waals surface area contributed by atoms with Gasteiger partial charge in [-0.1, -0.05) is 48.9 Å². The van der Waals surface area contributed by atoms with Crippen LogP contribution in [-0.4, -0.2) is 35.3 Å². The van der Waals surface area contributed by atoms with E-state index < -0.39 is 0 Å². The molecule has 0 unspecified atom stereocenters. The highest BCUT2D eigenvalue weighted by atomic mass is 35.5. The van der Waals surface area contributed by atoms with Crippen LogP contribution in [0.25, 0.3) is 0 Å². The highest BCUT2D eigenvalue weighted by Crippen LogP contribution is 2.19. The molecule has 0 aliphatic carbocycles. The van der Waals surface area contributed by atoms with Crippen LogP contribution < -0.4 is 0 Å². The maximum Gasteiger partial charge on any atom is 0.253 e. The Morgan fingerprint density at radius 2 is 1.81 bits per heavy atom. The minimum atomic E-state index is 0.167. The molecule has 0 N–H and O–H groups in total. The van der Waals surface area contributed by atoms with E-state index in [-0.39, 0.29) is 5.91 Å². The van der Waals surface area contributed by atoms with E-state index in [1.165, 1.54) is 12.0 Å². The van der Waals surface area contributed by atoms with Gasteiger partial charge in [0.1, 0.15) is 0 Å². The molecule has 0 radical (unpaired) electrons. The molecule has 0 atom stereocenters. The monoisotopic (exact) mass is 370 g/mol. The summed E-state index contributed by atoms with van der Waals surface area (Å²) in [5, 5.41) is 0.806. The summed E-state index contributed by atoms with van der Waals surface area (Å²) in [6.07, 6.45) is 3.47. The zero-order chi connectivity index (χ0) is 18.4. The van der Waals surface area contributed by atoms with Crippen LogP contribution >= 0.6 is 11.6 Å². The molecule has 1 amide bonds.